The summed E-state index contributed by atoms with van der Waals surface area (Å²) in [4.78, 5) is 27.5. The number of aliphatic carboxylic acids is 2. The Morgan fingerprint density at radius 3 is 1.30 bits per heavy atom. The van der Waals surface area contributed by atoms with Crippen molar-refractivity contribution in [2.45, 2.75) is 0 Å². The smallest absolute Gasteiger partial charge is 0.545 e. The molecular formula is C16H12N2O4Zn. The third-order valence-electron chi connectivity index (χ3n) is 2.24. The predicted octanol–water partition coefficient (Wildman–Crippen LogP) is -0.313. The van der Waals surface area contributed by atoms with Crippen LogP contribution in [0.15, 0.2) is 61.2 Å². The first-order valence-electron chi connectivity index (χ1n) is 6.16. The molecule has 0 aliphatic carbocycles. The number of carbonyl (C=O) groups is 2. The number of carboxylic acid groups (broad SMARTS) is 2. The van der Waals surface area contributed by atoms with Gasteiger partial charge >= 0.3 is 19.5 Å². The van der Waals surface area contributed by atoms with Gasteiger partial charge in [0, 0.05) is 24.8 Å². The Morgan fingerprint density at radius 2 is 1.04 bits per heavy atom. The second-order valence-corrected chi connectivity index (χ2v) is 3.87. The van der Waals surface area contributed by atoms with Gasteiger partial charge in [0.05, 0.1) is 11.9 Å². The quantitative estimate of drug-likeness (QED) is 0.546. The van der Waals surface area contributed by atoms with Gasteiger partial charge in [-0.15, -0.1) is 0 Å². The second-order valence-electron chi connectivity index (χ2n) is 3.87. The summed E-state index contributed by atoms with van der Waals surface area (Å²) in [5.41, 5.74) is 1.59. The van der Waals surface area contributed by atoms with Crippen LogP contribution in [0.1, 0.15) is 11.1 Å². The molecule has 0 saturated carbocycles. The molecule has 0 unspecified atom stereocenters. The Labute approximate surface area is 146 Å². The first-order chi connectivity index (χ1) is 10.6. The SMILES string of the molecule is O=C([O-])/C=C/c1ccncc1.O=C([O-])/C=C/c1ccncc1.[Zn+2]. The van der Waals surface area contributed by atoms with Crippen LogP contribution in [0.3, 0.4) is 0 Å². The van der Waals surface area contributed by atoms with E-state index in [0.717, 1.165) is 23.3 Å². The van der Waals surface area contributed by atoms with Crippen molar-refractivity contribution in [3.05, 3.63) is 72.3 Å². The predicted molar refractivity (Wildman–Crippen MR) is 76.6 cm³/mol. The number of aromatic nitrogens is 2. The Morgan fingerprint density at radius 1 is 0.739 bits per heavy atom. The molecule has 2 heterocycles. The van der Waals surface area contributed by atoms with Gasteiger partial charge in [0.2, 0.25) is 0 Å². The molecule has 112 valence electrons. The molecule has 2 aromatic heterocycles. The molecule has 0 spiro atoms. The second kappa shape index (κ2) is 11.9. The van der Waals surface area contributed by atoms with E-state index in [1.807, 2.05) is 0 Å². The third-order valence-corrected chi connectivity index (χ3v) is 2.24. The standard InChI is InChI=1S/2C8H7NO2.Zn/c2*10-8(11)2-1-7-3-5-9-6-4-7;/h2*1-6H,(H,10,11);/q;;+2/p-2/b2*2-1+;. The maximum absolute atomic E-state index is 9.96. The van der Waals surface area contributed by atoms with E-state index in [4.69, 9.17) is 0 Å². The van der Waals surface area contributed by atoms with Crippen LogP contribution in [0.5, 0.6) is 0 Å². The molecule has 6 nitrogen and oxygen atoms in total. The minimum Gasteiger partial charge on any atom is -0.545 e. The third kappa shape index (κ3) is 10.7. The Balaban J connectivity index is 0.000000403. The number of hydrogen-bond acceptors (Lipinski definition) is 6. The molecule has 0 aliphatic rings. The molecule has 0 bridgehead atoms. The number of carboxylic acids is 2. The van der Waals surface area contributed by atoms with Crippen molar-refractivity contribution in [1.29, 1.82) is 0 Å². The maximum Gasteiger partial charge on any atom is 2.00 e. The van der Waals surface area contributed by atoms with Crippen LogP contribution in [-0.2, 0) is 29.1 Å². The van der Waals surface area contributed by atoms with Gasteiger partial charge < -0.3 is 19.8 Å². The van der Waals surface area contributed by atoms with Gasteiger partial charge in [0.15, 0.2) is 0 Å². The Hall–Kier alpha value is -2.66. The van der Waals surface area contributed by atoms with Crippen LogP contribution >= 0.6 is 0 Å². The number of nitrogens with zero attached hydrogens (tertiary/aromatic N) is 2. The molecule has 0 atom stereocenters. The summed E-state index contributed by atoms with van der Waals surface area (Å²) in [5, 5.41) is 19.9. The van der Waals surface area contributed by atoms with Gasteiger partial charge in [-0.1, -0.05) is 12.2 Å². The fourth-order valence-electron chi connectivity index (χ4n) is 1.28. The van der Waals surface area contributed by atoms with Crippen LogP contribution in [0.4, 0.5) is 0 Å². The molecule has 7 heteroatoms. The zero-order valence-corrected chi connectivity index (χ0v) is 15.1. The summed E-state index contributed by atoms with van der Waals surface area (Å²) in [7, 11) is 0. The molecule has 23 heavy (non-hydrogen) atoms. The van der Waals surface area contributed by atoms with Crippen molar-refractivity contribution in [2.24, 2.45) is 0 Å². The van der Waals surface area contributed by atoms with Gasteiger partial charge in [-0.05, 0) is 47.5 Å². The maximum atomic E-state index is 9.96. The number of hydrogen-bond donors (Lipinski definition) is 0. The largest absolute Gasteiger partial charge is 2.00 e. The van der Waals surface area contributed by atoms with E-state index >= 15 is 0 Å². The van der Waals surface area contributed by atoms with Gasteiger partial charge in [0.1, 0.15) is 0 Å². The summed E-state index contributed by atoms with van der Waals surface area (Å²) in [6, 6.07) is 6.83. The zero-order chi connectivity index (χ0) is 16.2. The molecule has 0 radical (unpaired) electrons. The fraction of sp³-hybridized carbons (Fsp3) is 0. The molecular weight excluding hydrogens is 350 g/mol. The summed E-state index contributed by atoms with van der Waals surface area (Å²) >= 11 is 0. The van der Waals surface area contributed by atoms with E-state index < -0.39 is 11.9 Å². The van der Waals surface area contributed by atoms with Crippen LogP contribution < -0.4 is 10.2 Å². The first-order valence-corrected chi connectivity index (χ1v) is 6.16. The zero-order valence-electron chi connectivity index (χ0n) is 12.2. The van der Waals surface area contributed by atoms with Crippen molar-refractivity contribution in [3.63, 3.8) is 0 Å². The molecule has 2 rings (SSSR count). The summed E-state index contributed by atoms with van der Waals surface area (Å²) in [5.74, 6) is -2.39. The minimum absolute atomic E-state index is 0. The number of carbonyl (C=O) groups excluding carboxylic acids is 2. The number of rotatable bonds is 4. The molecule has 0 fully saturated rings. The average molecular weight is 362 g/mol. The molecule has 0 saturated heterocycles. The van der Waals surface area contributed by atoms with E-state index in [1.54, 1.807) is 49.1 Å². The van der Waals surface area contributed by atoms with Crippen LogP contribution in [-0.4, -0.2) is 21.9 Å². The van der Waals surface area contributed by atoms with E-state index in [-0.39, 0.29) is 19.5 Å². The van der Waals surface area contributed by atoms with E-state index in [9.17, 15) is 19.8 Å². The van der Waals surface area contributed by atoms with Crippen molar-refractivity contribution >= 4 is 24.1 Å². The monoisotopic (exact) mass is 360 g/mol. The van der Waals surface area contributed by atoms with Crippen LogP contribution in [0, 0.1) is 0 Å². The fourth-order valence-corrected chi connectivity index (χ4v) is 1.28. The van der Waals surface area contributed by atoms with Crippen LogP contribution in [0.2, 0.25) is 0 Å². The summed E-state index contributed by atoms with van der Waals surface area (Å²) < 4.78 is 0. The minimum atomic E-state index is -1.19. The van der Waals surface area contributed by atoms with E-state index in [2.05, 4.69) is 9.97 Å². The summed E-state index contributed by atoms with van der Waals surface area (Å²) in [6.07, 6.45) is 11.2. The average Bonchev–Trinajstić information content (AvgIpc) is 2.53. The van der Waals surface area contributed by atoms with Crippen molar-refractivity contribution in [3.8, 4) is 0 Å². The van der Waals surface area contributed by atoms with Gasteiger partial charge in [0.25, 0.3) is 0 Å². The molecule has 0 amide bonds. The van der Waals surface area contributed by atoms with Crippen molar-refractivity contribution in [2.75, 3.05) is 0 Å². The normalized spacial score (nSPS) is 9.74. The van der Waals surface area contributed by atoms with Crippen molar-refractivity contribution in [1.82, 2.24) is 9.97 Å². The van der Waals surface area contributed by atoms with Gasteiger partial charge in [-0.2, -0.15) is 0 Å². The van der Waals surface area contributed by atoms with E-state index in [1.165, 1.54) is 12.2 Å². The molecule has 0 aromatic carbocycles. The van der Waals surface area contributed by atoms with Crippen molar-refractivity contribution < 1.29 is 39.3 Å². The van der Waals surface area contributed by atoms with Gasteiger partial charge in [-0.25, -0.2) is 0 Å². The van der Waals surface area contributed by atoms with Gasteiger partial charge in [-0.3, -0.25) is 9.97 Å². The van der Waals surface area contributed by atoms with Crippen LogP contribution in [0.25, 0.3) is 12.2 Å². The molecule has 0 aliphatic heterocycles. The number of pyridine rings is 2. The van der Waals surface area contributed by atoms with E-state index in [0.29, 0.717) is 0 Å². The topological polar surface area (TPSA) is 106 Å². The molecule has 0 N–H and O–H groups in total. The Kier molecular flexibility index (Phi) is 10.6. The summed E-state index contributed by atoms with van der Waals surface area (Å²) in [6.45, 7) is 0. The first kappa shape index (κ1) is 20.3. The molecule has 2 aromatic rings. The Bertz CT molecular complexity index is 599.